The number of carbonyl (C=O) groups excluding carboxylic acids is 1. The highest BCUT2D eigenvalue weighted by Gasteiger charge is 2.44. The highest BCUT2D eigenvalue weighted by molar-refractivity contribution is 5.95. The molecule has 2 unspecified atom stereocenters. The predicted octanol–water partition coefficient (Wildman–Crippen LogP) is 5.40. The molecule has 3 aliphatic rings. The van der Waals surface area contributed by atoms with Crippen LogP contribution in [0.2, 0.25) is 0 Å². The number of carbonyl (C=O) groups is 1. The quantitative estimate of drug-likeness (QED) is 0.231. The van der Waals surface area contributed by atoms with Crippen molar-refractivity contribution in [1.29, 1.82) is 0 Å². The molecule has 1 aliphatic carbocycles. The van der Waals surface area contributed by atoms with E-state index in [0.29, 0.717) is 32.4 Å². The molecule has 0 radical (unpaired) electrons. The zero-order valence-corrected chi connectivity index (χ0v) is 24.2. The fourth-order valence-electron chi connectivity index (χ4n) is 6.12. The molecular formula is C34H36F3N3O3. The molecule has 2 heterocycles. The van der Waals surface area contributed by atoms with Crippen molar-refractivity contribution in [1.82, 2.24) is 15.5 Å². The molecule has 3 aromatic carbocycles. The Morgan fingerprint density at radius 2 is 1.81 bits per heavy atom. The lowest BCUT2D eigenvalue weighted by Gasteiger charge is -2.47. The summed E-state index contributed by atoms with van der Waals surface area (Å²) in [4.78, 5) is 15.9. The van der Waals surface area contributed by atoms with Crippen LogP contribution in [-0.2, 0) is 23.3 Å². The largest absolute Gasteiger partial charge is 0.497 e. The molecule has 6 nitrogen and oxygen atoms in total. The molecule has 1 saturated heterocycles. The number of ether oxygens (including phenoxy) is 2. The summed E-state index contributed by atoms with van der Waals surface area (Å²) in [7, 11) is 1.65. The molecule has 2 N–H and O–H groups in total. The first-order valence-corrected chi connectivity index (χ1v) is 14.8. The van der Waals surface area contributed by atoms with Gasteiger partial charge in [-0.15, -0.1) is 0 Å². The maximum atomic E-state index is 13.9. The zero-order valence-electron chi connectivity index (χ0n) is 24.2. The van der Waals surface area contributed by atoms with E-state index >= 15 is 0 Å². The fraction of sp³-hybridized carbons (Fsp3) is 0.382. The molecule has 2 bridgehead atoms. The minimum Gasteiger partial charge on any atom is -0.497 e. The van der Waals surface area contributed by atoms with Gasteiger partial charge in [-0.1, -0.05) is 42.5 Å². The van der Waals surface area contributed by atoms with Crippen LogP contribution in [0.3, 0.4) is 0 Å². The molecule has 43 heavy (non-hydrogen) atoms. The summed E-state index contributed by atoms with van der Waals surface area (Å²) in [6.07, 6.45) is 6.03. The Morgan fingerprint density at radius 3 is 2.58 bits per heavy atom. The number of piperazine rings is 1. The van der Waals surface area contributed by atoms with Gasteiger partial charge in [0.15, 0.2) is 17.4 Å². The van der Waals surface area contributed by atoms with Gasteiger partial charge in [-0.25, -0.2) is 8.78 Å². The van der Waals surface area contributed by atoms with Gasteiger partial charge >= 0.3 is 0 Å². The number of fused-ring (bicyclic) bond motifs is 2. The number of hydrogen-bond acceptors (Lipinski definition) is 5. The van der Waals surface area contributed by atoms with Gasteiger partial charge in [-0.2, -0.15) is 4.39 Å². The molecule has 0 aromatic heterocycles. The molecule has 2 aliphatic heterocycles. The normalized spacial score (nSPS) is 21.2. The first-order chi connectivity index (χ1) is 20.9. The summed E-state index contributed by atoms with van der Waals surface area (Å²) >= 11 is 0. The van der Waals surface area contributed by atoms with Crippen LogP contribution in [0, 0.1) is 17.5 Å². The van der Waals surface area contributed by atoms with Crippen molar-refractivity contribution in [3.8, 4) is 11.5 Å². The third kappa shape index (κ3) is 6.28. The highest BCUT2D eigenvalue weighted by Crippen LogP contribution is 2.36. The van der Waals surface area contributed by atoms with Gasteiger partial charge in [0.1, 0.15) is 5.75 Å². The lowest BCUT2D eigenvalue weighted by molar-refractivity contribution is -0.129. The molecule has 1 saturated carbocycles. The second kappa shape index (κ2) is 12.4. The van der Waals surface area contributed by atoms with Crippen molar-refractivity contribution in [2.24, 2.45) is 0 Å². The standard InChI is InChI=1S/C34H36F3N3O3/c1-42-26-6-2-4-23(18-26)20-40(25-11-12-25)33(41)27-15-16-34(21-38-19-30(27)39-34)24-9-7-22(8-10-24)5-3-17-43-32-29(36)14-13-28(35)31(32)37/h2,4,6-10,13-15,18,25,30,38-39H,3,5,11-12,16-17,19-21H2,1H3. The summed E-state index contributed by atoms with van der Waals surface area (Å²) in [6, 6.07) is 18.0. The van der Waals surface area contributed by atoms with Gasteiger partial charge in [-0.3, -0.25) is 10.1 Å². The van der Waals surface area contributed by atoms with Crippen LogP contribution in [-0.4, -0.2) is 49.7 Å². The average Bonchev–Trinajstić information content (AvgIpc) is 3.87. The second-order valence-electron chi connectivity index (χ2n) is 11.6. The number of aryl methyl sites for hydroxylation is 1. The van der Waals surface area contributed by atoms with E-state index in [1.807, 2.05) is 41.3 Å². The minimum atomic E-state index is -1.31. The number of methoxy groups -OCH3 is 1. The van der Waals surface area contributed by atoms with Gasteiger partial charge in [-0.05, 0) is 73.1 Å². The monoisotopic (exact) mass is 591 g/mol. The Labute approximate surface area is 249 Å². The Morgan fingerprint density at radius 1 is 1.02 bits per heavy atom. The topological polar surface area (TPSA) is 62.8 Å². The maximum Gasteiger partial charge on any atom is 0.251 e. The molecule has 9 heteroatoms. The van der Waals surface area contributed by atoms with Crippen LogP contribution >= 0.6 is 0 Å². The number of hydrogen-bond donors (Lipinski definition) is 2. The van der Waals surface area contributed by atoms with Crippen LogP contribution in [0.25, 0.3) is 0 Å². The summed E-state index contributed by atoms with van der Waals surface area (Å²) in [6.45, 7) is 2.05. The van der Waals surface area contributed by atoms with E-state index in [1.54, 1.807) is 7.11 Å². The summed E-state index contributed by atoms with van der Waals surface area (Å²) in [5.41, 5.74) is 3.74. The number of nitrogens with zero attached hydrogens (tertiary/aromatic N) is 1. The molecular weight excluding hydrogens is 555 g/mol. The van der Waals surface area contributed by atoms with Gasteiger partial charge in [0.25, 0.3) is 5.91 Å². The molecule has 3 aromatic rings. The van der Waals surface area contributed by atoms with E-state index < -0.39 is 23.2 Å². The first kappa shape index (κ1) is 29.3. The fourth-order valence-corrected chi connectivity index (χ4v) is 6.12. The molecule has 2 atom stereocenters. The summed E-state index contributed by atoms with van der Waals surface area (Å²) < 4.78 is 51.6. The van der Waals surface area contributed by atoms with Crippen LogP contribution in [0.1, 0.15) is 42.4 Å². The molecule has 0 spiro atoms. The average molecular weight is 592 g/mol. The van der Waals surface area contributed by atoms with Crippen molar-refractivity contribution in [3.63, 3.8) is 0 Å². The summed E-state index contributed by atoms with van der Waals surface area (Å²) in [5.74, 6) is -3.16. The predicted molar refractivity (Wildman–Crippen MR) is 157 cm³/mol. The van der Waals surface area contributed by atoms with Crippen molar-refractivity contribution >= 4 is 5.91 Å². The number of amides is 1. The van der Waals surface area contributed by atoms with Crippen molar-refractivity contribution in [3.05, 3.63) is 106 Å². The maximum absolute atomic E-state index is 13.9. The van der Waals surface area contributed by atoms with E-state index in [9.17, 15) is 18.0 Å². The Balaban J connectivity index is 1.09. The van der Waals surface area contributed by atoms with E-state index in [1.165, 1.54) is 0 Å². The molecule has 1 amide bonds. The first-order valence-electron chi connectivity index (χ1n) is 14.8. The Kier molecular flexibility index (Phi) is 8.45. The number of nitrogens with one attached hydrogen (secondary N) is 2. The molecule has 226 valence electrons. The lowest BCUT2D eigenvalue weighted by atomic mass is 9.78. The van der Waals surface area contributed by atoms with Gasteiger partial charge in [0.2, 0.25) is 5.82 Å². The van der Waals surface area contributed by atoms with Crippen LogP contribution < -0.4 is 20.1 Å². The van der Waals surface area contributed by atoms with Crippen molar-refractivity contribution < 1.29 is 27.4 Å². The number of halogens is 3. The third-order valence-electron chi connectivity index (χ3n) is 8.62. The van der Waals surface area contributed by atoms with Crippen LogP contribution in [0.15, 0.2) is 72.3 Å². The Bertz CT molecular complexity index is 1510. The van der Waals surface area contributed by atoms with Crippen LogP contribution in [0.5, 0.6) is 11.5 Å². The van der Waals surface area contributed by atoms with Gasteiger partial charge < -0.3 is 19.7 Å². The van der Waals surface area contributed by atoms with Crippen molar-refractivity contribution in [2.45, 2.75) is 56.3 Å². The summed E-state index contributed by atoms with van der Waals surface area (Å²) in [5, 5.41) is 7.34. The SMILES string of the molecule is COc1cccc(CN(C(=O)C2=CCC3(c4ccc(CCCOc5c(F)ccc(F)c5F)cc4)CNCC2N3)C2CC2)c1. The number of benzene rings is 3. The molecule has 6 rings (SSSR count). The van der Waals surface area contributed by atoms with E-state index in [-0.39, 0.29) is 30.1 Å². The van der Waals surface area contributed by atoms with Gasteiger partial charge in [0.05, 0.1) is 25.3 Å². The second-order valence-corrected chi connectivity index (χ2v) is 11.6. The van der Waals surface area contributed by atoms with E-state index in [2.05, 4.69) is 28.8 Å². The Hall–Kier alpha value is -3.82. The minimum absolute atomic E-state index is 0.0629. The van der Waals surface area contributed by atoms with Crippen molar-refractivity contribution in [2.75, 3.05) is 26.8 Å². The third-order valence-corrected chi connectivity index (χ3v) is 8.62. The van der Waals surface area contributed by atoms with Gasteiger partial charge in [0, 0.05) is 31.2 Å². The highest BCUT2D eigenvalue weighted by atomic mass is 19.2. The smallest absolute Gasteiger partial charge is 0.251 e. The lowest BCUT2D eigenvalue weighted by Crippen LogP contribution is -2.65. The zero-order chi connectivity index (χ0) is 30.0. The number of rotatable bonds is 11. The van der Waals surface area contributed by atoms with Crippen LogP contribution in [0.4, 0.5) is 13.2 Å². The van der Waals surface area contributed by atoms with E-state index in [4.69, 9.17) is 9.47 Å². The van der Waals surface area contributed by atoms with E-state index in [0.717, 1.165) is 59.5 Å². The molecule has 2 fully saturated rings.